The highest BCUT2D eigenvalue weighted by atomic mass is 32.2. The molecule has 0 saturated heterocycles. The molecule has 0 aliphatic heterocycles. The van der Waals surface area contributed by atoms with Gasteiger partial charge in [0, 0.05) is 16.9 Å². The van der Waals surface area contributed by atoms with Gasteiger partial charge in [-0.3, -0.25) is 9.59 Å². The van der Waals surface area contributed by atoms with Crippen LogP contribution in [0, 0.1) is 0 Å². The minimum atomic E-state index is -0.876. The highest BCUT2D eigenvalue weighted by molar-refractivity contribution is 7.99. The van der Waals surface area contributed by atoms with Gasteiger partial charge in [-0.05, 0) is 47.5 Å². The Hall–Kier alpha value is -3.51. The van der Waals surface area contributed by atoms with E-state index in [1.165, 1.54) is 17.8 Å². The van der Waals surface area contributed by atoms with Crippen molar-refractivity contribution in [2.75, 3.05) is 12.9 Å². The fourth-order valence-corrected chi connectivity index (χ4v) is 3.73. The molecule has 0 spiro atoms. The van der Waals surface area contributed by atoms with E-state index in [0.717, 1.165) is 22.4 Å². The quantitative estimate of drug-likeness (QED) is 0.309. The van der Waals surface area contributed by atoms with E-state index in [1.54, 1.807) is 31.4 Å². The average Bonchev–Trinajstić information content (AvgIpc) is 2.82. The smallest absolute Gasteiger partial charge is 0.313 e. The number of hydrogen-bond donors (Lipinski definition) is 1. The van der Waals surface area contributed by atoms with Crippen molar-refractivity contribution in [3.05, 3.63) is 101 Å². The van der Waals surface area contributed by atoms with Crippen LogP contribution in [0.4, 0.5) is 0 Å². The molecule has 0 heterocycles. The number of thioether (sulfide) groups is 1. The Balaban J connectivity index is 1.66. The number of rotatable bonds is 11. The van der Waals surface area contributed by atoms with Crippen LogP contribution in [-0.2, 0) is 17.2 Å². The molecule has 0 unspecified atom stereocenters. The Morgan fingerprint density at radius 2 is 1.81 bits per heavy atom. The summed E-state index contributed by atoms with van der Waals surface area (Å²) in [6, 6.07) is 22.7. The molecule has 3 rings (SSSR count). The monoisotopic (exact) mass is 448 g/mol. The second kappa shape index (κ2) is 11.8. The second-order valence-corrected chi connectivity index (χ2v) is 7.94. The van der Waals surface area contributed by atoms with Crippen LogP contribution in [0.15, 0.2) is 78.9 Å². The van der Waals surface area contributed by atoms with E-state index in [1.807, 2.05) is 54.6 Å². The topological polar surface area (TPSA) is 72.8 Å². The van der Waals surface area contributed by atoms with Gasteiger partial charge in [-0.25, -0.2) is 0 Å². The van der Waals surface area contributed by atoms with Gasteiger partial charge in [0.05, 0.1) is 12.9 Å². The number of methoxy groups -OCH3 is 1. The van der Waals surface area contributed by atoms with Gasteiger partial charge in [-0.1, -0.05) is 48.5 Å². The molecule has 32 heavy (non-hydrogen) atoms. The molecule has 0 aliphatic rings. The molecule has 0 fully saturated rings. The Morgan fingerprint density at radius 1 is 1.00 bits per heavy atom. The number of ketones is 1. The lowest BCUT2D eigenvalue weighted by Gasteiger charge is -2.09. The molecule has 0 saturated carbocycles. The third-order valence-corrected chi connectivity index (χ3v) is 5.55. The summed E-state index contributed by atoms with van der Waals surface area (Å²) in [5.74, 6) is 0.773. The molecule has 0 radical (unpaired) electrons. The minimum absolute atomic E-state index is 0.0100. The molecule has 164 valence electrons. The van der Waals surface area contributed by atoms with Crippen molar-refractivity contribution in [3.8, 4) is 11.5 Å². The molecule has 0 aliphatic carbocycles. The molecule has 0 amide bonds. The van der Waals surface area contributed by atoms with Crippen molar-refractivity contribution in [2.45, 2.75) is 12.4 Å². The second-order valence-electron chi connectivity index (χ2n) is 6.96. The number of carbonyl (C=O) groups is 2. The van der Waals surface area contributed by atoms with Crippen LogP contribution in [-0.4, -0.2) is 29.7 Å². The number of hydrogen-bond acceptors (Lipinski definition) is 5. The Labute approximate surface area is 191 Å². The maximum absolute atomic E-state index is 12.7. The first-order valence-electron chi connectivity index (χ1n) is 10.0. The molecule has 0 atom stereocenters. The first-order chi connectivity index (χ1) is 15.5. The van der Waals surface area contributed by atoms with E-state index < -0.39 is 5.97 Å². The van der Waals surface area contributed by atoms with Gasteiger partial charge in [0.2, 0.25) is 0 Å². The highest BCUT2D eigenvalue weighted by Crippen LogP contribution is 2.25. The van der Waals surface area contributed by atoms with Gasteiger partial charge < -0.3 is 14.6 Å². The van der Waals surface area contributed by atoms with E-state index in [-0.39, 0.29) is 11.5 Å². The number of carboxylic acids is 1. The van der Waals surface area contributed by atoms with Crippen molar-refractivity contribution in [3.63, 3.8) is 0 Å². The molecule has 5 nitrogen and oxygen atoms in total. The maximum atomic E-state index is 12.7. The van der Waals surface area contributed by atoms with E-state index in [9.17, 15) is 9.59 Å². The predicted octanol–water partition coefficient (Wildman–Crippen LogP) is 5.49. The minimum Gasteiger partial charge on any atom is -0.496 e. The van der Waals surface area contributed by atoms with Gasteiger partial charge in [0.15, 0.2) is 5.78 Å². The summed E-state index contributed by atoms with van der Waals surface area (Å²) in [6.07, 6.45) is 3.27. The van der Waals surface area contributed by atoms with Gasteiger partial charge in [0.1, 0.15) is 18.1 Å². The molecule has 6 heteroatoms. The first-order valence-corrected chi connectivity index (χ1v) is 11.2. The summed E-state index contributed by atoms with van der Waals surface area (Å²) in [5, 5.41) is 8.83. The summed E-state index contributed by atoms with van der Waals surface area (Å²) in [4.78, 5) is 23.4. The molecule has 0 aromatic heterocycles. The molecule has 3 aromatic rings. The molecule has 0 bridgehead atoms. The summed E-state index contributed by atoms with van der Waals surface area (Å²) >= 11 is 1.26. The van der Waals surface area contributed by atoms with Gasteiger partial charge in [-0.2, -0.15) is 0 Å². The summed E-state index contributed by atoms with van der Waals surface area (Å²) in [5.41, 5.74) is 3.24. The summed E-state index contributed by atoms with van der Waals surface area (Å²) in [7, 11) is 1.55. The van der Waals surface area contributed by atoms with E-state index in [0.29, 0.717) is 23.7 Å². The Kier molecular flexibility index (Phi) is 8.52. The van der Waals surface area contributed by atoms with Crippen LogP contribution < -0.4 is 9.47 Å². The number of aliphatic carboxylic acids is 1. The molecular weight excluding hydrogens is 424 g/mol. The Bertz CT molecular complexity index is 1090. The average molecular weight is 449 g/mol. The van der Waals surface area contributed by atoms with Crippen molar-refractivity contribution in [2.24, 2.45) is 0 Å². The standard InChI is InChI=1S/C26H24O5S/c1-30-25-13-11-21(15-22(25)17-32-18-26(28)29)24(27)12-10-19-8-5-9-23(14-19)31-16-20-6-3-2-4-7-20/h2-15H,16-18H2,1H3,(H,28,29). The largest absolute Gasteiger partial charge is 0.496 e. The van der Waals surface area contributed by atoms with Gasteiger partial charge in [-0.15, -0.1) is 11.8 Å². The zero-order valence-electron chi connectivity index (χ0n) is 17.7. The van der Waals surface area contributed by atoms with E-state index >= 15 is 0 Å². The van der Waals surface area contributed by atoms with Crippen molar-refractivity contribution < 1.29 is 24.2 Å². The molecule has 3 aromatic carbocycles. The zero-order valence-corrected chi connectivity index (χ0v) is 18.5. The number of allylic oxidation sites excluding steroid dienone is 1. The fourth-order valence-electron chi connectivity index (χ4n) is 3.01. The number of benzene rings is 3. The zero-order chi connectivity index (χ0) is 22.8. The normalized spacial score (nSPS) is 10.8. The summed E-state index contributed by atoms with van der Waals surface area (Å²) < 4.78 is 11.2. The van der Waals surface area contributed by atoms with Crippen molar-refractivity contribution in [1.29, 1.82) is 0 Å². The lowest BCUT2D eigenvalue weighted by molar-refractivity contribution is -0.133. The SMILES string of the molecule is COc1ccc(C(=O)C=Cc2cccc(OCc3ccccc3)c2)cc1CSCC(=O)O. The number of carbonyl (C=O) groups excluding carboxylic acids is 1. The predicted molar refractivity (Wildman–Crippen MR) is 127 cm³/mol. The summed E-state index contributed by atoms with van der Waals surface area (Å²) in [6.45, 7) is 0.474. The van der Waals surface area contributed by atoms with Gasteiger partial charge >= 0.3 is 5.97 Å². The van der Waals surface area contributed by atoms with Crippen LogP contribution in [0.1, 0.15) is 27.0 Å². The van der Waals surface area contributed by atoms with Gasteiger partial charge in [0.25, 0.3) is 0 Å². The third-order valence-electron chi connectivity index (χ3n) is 4.58. The number of ether oxygens (including phenoxy) is 2. The third kappa shape index (κ3) is 7.03. The lowest BCUT2D eigenvalue weighted by atomic mass is 10.1. The highest BCUT2D eigenvalue weighted by Gasteiger charge is 2.10. The van der Waals surface area contributed by atoms with Crippen molar-refractivity contribution >= 4 is 29.6 Å². The van der Waals surface area contributed by atoms with Crippen molar-refractivity contribution in [1.82, 2.24) is 0 Å². The Morgan fingerprint density at radius 3 is 2.56 bits per heavy atom. The lowest BCUT2D eigenvalue weighted by Crippen LogP contribution is -2.01. The van der Waals surface area contributed by atoms with E-state index in [2.05, 4.69) is 0 Å². The molecule has 1 N–H and O–H groups in total. The molecular formula is C26H24O5S. The number of carboxylic acid groups (broad SMARTS) is 1. The maximum Gasteiger partial charge on any atom is 0.313 e. The van der Waals surface area contributed by atoms with Crippen LogP contribution in [0.3, 0.4) is 0 Å². The van der Waals surface area contributed by atoms with Crippen LogP contribution >= 0.6 is 11.8 Å². The van der Waals surface area contributed by atoms with Crippen LogP contribution in [0.5, 0.6) is 11.5 Å². The first kappa shape index (κ1) is 23.2. The van der Waals surface area contributed by atoms with Crippen LogP contribution in [0.25, 0.3) is 6.08 Å². The fraction of sp³-hybridized carbons (Fsp3) is 0.154. The van der Waals surface area contributed by atoms with Crippen LogP contribution in [0.2, 0.25) is 0 Å². The van der Waals surface area contributed by atoms with E-state index in [4.69, 9.17) is 14.6 Å².